The number of anilines is 1. The van der Waals surface area contributed by atoms with Crippen LogP contribution >= 0.6 is 11.6 Å². The van der Waals surface area contributed by atoms with Crippen LogP contribution in [0.3, 0.4) is 0 Å². The van der Waals surface area contributed by atoms with Crippen LogP contribution in [-0.2, 0) is 15.8 Å². The zero-order valence-corrected chi connectivity index (χ0v) is 18.2. The first kappa shape index (κ1) is 21.9. The Morgan fingerprint density at radius 2 is 1.79 bits per heavy atom. The SMILES string of the molecule is O=C1CC(N2CCC(c3nc4ccccc4[nH]3)CC2)C(=O)N1c1ccc(Cl)c(C(F)(F)F)c1. The summed E-state index contributed by atoms with van der Waals surface area (Å²) in [6, 6.07) is 10.2. The Morgan fingerprint density at radius 3 is 2.48 bits per heavy atom. The zero-order valence-electron chi connectivity index (χ0n) is 17.4. The maximum absolute atomic E-state index is 13.2. The third kappa shape index (κ3) is 4.00. The van der Waals surface area contributed by atoms with Gasteiger partial charge in [0.2, 0.25) is 5.91 Å². The molecule has 1 atom stereocenters. The number of halogens is 4. The monoisotopic (exact) mass is 476 g/mol. The number of rotatable bonds is 3. The van der Waals surface area contributed by atoms with Gasteiger partial charge >= 0.3 is 6.18 Å². The van der Waals surface area contributed by atoms with Crippen molar-refractivity contribution in [1.29, 1.82) is 0 Å². The van der Waals surface area contributed by atoms with Gasteiger partial charge in [0.1, 0.15) is 5.82 Å². The Hall–Kier alpha value is -2.91. The largest absolute Gasteiger partial charge is 0.417 e. The molecule has 1 aromatic heterocycles. The summed E-state index contributed by atoms with van der Waals surface area (Å²) in [7, 11) is 0. The van der Waals surface area contributed by atoms with E-state index in [1.807, 2.05) is 29.2 Å². The maximum atomic E-state index is 13.2. The van der Waals surface area contributed by atoms with E-state index in [4.69, 9.17) is 11.6 Å². The molecule has 2 amide bonds. The molecule has 33 heavy (non-hydrogen) atoms. The second-order valence-electron chi connectivity index (χ2n) is 8.40. The standard InChI is InChI=1S/C23H20ClF3N4O2/c24-16-6-5-14(11-15(16)23(25,26)27)31-20(32)12-19(22(31)33)30-9-7-13(8-10-30)21-28-17-3-1-2-4-18(17)29-21/h1-6,11,13,19H,7-10,12H2,(H,28,29). The van der Waals surface area contributed by atoms with E-state index in [-0.39, 0.29) is 18.0 Å². The summed E-state index contributed by atoms with van der Waals surface area (Å²) in [5.41, 5.74) is 0.699. The van der Waals surface area contributed by atoms with E-state index < -0.39 is 34.6 Å². The van der Waals surface area contributed by atoms with Gasteiger partial charge in [0.05, 0.1) is 39.8 Å². The third-order valence-corrected chi connectivity index (χ3v) is 6.73. The maximum Gasteiger partial charge on any atom is 0.417 e. The molecule has 2 aliphatic rings. The zero-order chi connectivity index (χ0) is 23.3. The Balaban J connectivity index is 1.30. The number of fused-ring (bicyclic) bond motifs is 1. The van der Waals surface area contributed by atoms with E-state index in [2.05, 4.69) is 9.97 Å². The highest BCUT2D eigenvalue weighted by Gasteiger charge is 2.44. The lowest BCUT2D eigenvalue weighted by Gasteiger charge is -2.34. The number of aromatic amines is 1. The van der Waals surface area contributed by atoms with Gasteiger partial charge in [-0.3, -0.25) is 14.5 Å². The van der Waals surface area contributed by atoms with Crippen LogP contribution in [0.4, 0.5) is 18.9 Å². The number of benzene rings is 2. The average Bonchev–Trinajstić information content (AvgIpc) is 3.34. The van der Waals surface area contributed by atoms with Crippen molar-refractivity contribution in [3.8, 4) is 0 Å². The number of carbonyl (C=O) groups is 2. The van der Waals surface area contributed by atoms with Crippen molar-refractivity contribution in [2.24, 2.45) is 0 Å². The second-order valence-corrected chi connectivity index (χ2v) is 8.81. The van der Waals surface area contributed by atoms with Crippen LogP contribution in [-0.4, -0.2) is 45.8 Å². The predicted molar refractivity (Wildman–Crippen MR) is 117 cm³/mol. The number of alkyl halides is 3. The van der Waals surface area contributed by atoms with Crippen molar-refractivity contribution in [1.82, 2.24) is 14.9 Å². The predicted octanol–water partition coefficient (Wildman–Crippen LogP) is 4.75. The van der Waals surface area contributed by atoms with Gasteiger partial charge in [0.25, 0.3) is 5.91 Å². The number of para-hydroxylation sites is 2. The summed E-state index contributed by atoms with van der Waals surface area (Å²) >= 11 is 5.68. The number of nitrogens with one attached hydrogen (secondary N) is 1. The average molecular weight is 477 g/mol. The number of hydrogen-bond donors (Lipinski definition) is 1. The van der Waals surface area contributed by atoms with Crippen LogP contribution in [0.1, 0.15) is 36.6 Å². The number of nitrogens with zero attached hydrogens (tertiary/aromatic N) is 3. The van der Waals surface area contributed by atoms with Gasteiger partial charge in [-0.2, -0.15) is 13.2 Å². The molecule has 3 aromatic rings. The molecule has 0 spiro atoms. The van der Waals surface area contributed by atoms with Crippen molar-refractivity contribution in [2.45, 2.75) is 37.4 Å². The van der Waals surface area contributed by atoms with Crippen molar-refractivity contribution in [3.05, 3.63) is 58.9 Å². The molecule has 2 saturated heterocycles. The van der Waals surface area contributed by atoms with Gasteiger partial charge in [-0.1, -0.05) is 23.7 Å². The van der Waals surface area contributed by atoms with E-state index in [9.17, 15) is 22.8 Å². The molecule has 0 bridgehead atoms. The number of amides is 2. The van der Waals surface area contributed by atoms with Crippen molar-refractivity contribution in [3.63, 3.8) is 0 Å². The molecule has 1 N–H and O–H groups in total. The van der Waals surface area contributed by atoms with E-state index in [1.165, 1.54) is 6.07 Å². The smallest absolute Gasteiger partial charge is 0.342 e. The number of likely N-dealkylation sites (tertiary alicyclic amines) is 1. The van der Waals surface area contributed by atoms with E-state index >= 15 is 0 Å². The Morgan fingerprint density at radius 1 is 1.06 bits per heavy atom. The van der Waals surface area contributed by atoms with Crippen LogP contribution in [0.25, 0.3) is 11.0 Å². The van der Waals surface area contributed by atoms with Crippen LogP contribution in [0.2, 0.25) is 5.02 Å². The number of carbonyl (C=O) groups excluding carboxylic acids is 2. The first-order valence-electron chi connectivity index (χ1n) is 10.6. The minimum atomic E-state index is -4.68. The molecule has 3 heterocycles. The minimum absolute atomic E-state index is 0.0574. The molecule has 2 fully saturated rings. The van der Waals surface area contributed by atoms with Gasteiger partial charge in [-0.15, -0.1) is 0 Å². The number of H-pyrrole nitrogens is 1. The molecule has 5 rings (SSSR count). The van der Waals surface area contributed by atoms with Gasteiger partial charge in [0, 0.05) is 5.92 Å². The number of piperidine rings is 1. The van der Waals surface area contributed by atoms with Gasteiger partial charge < -0.3 is 4.98 Å². The quantitative estimate of drug-likeness (QED) is 0.554. The van der Waals surface area contributed by atoms with Crippen LogP contribution in [0, 0.1) is 0 Å². The Kier molecular flexibility index (Phi) is 5.41. The molecular formula is C23H20ClF3N4O2. The highest BCUT2D eigenvalue weighted by molar-refractivity contribution is 6.31. The first-order valence-corrected chi connectivity index (χ1v) is 11.0. The van der Waals surface area contributed by atoms with Gasteiger partial charge in [-0.25, -0.2) is 9.88 Å². The molecular weight excluding hydrogens is 457 g/mol. The summed E-state index contributed by atoms with van der Waals surface area (Å²) in [5, 5.41) is -0.477. The number of hydrogen-bond acceptors (Lipinski definition) is 4. The molecule has 2 aliphatic heterocycles. The highest BCUT2D eigenvalue weighted by atomic mass is 35.5. The second kappa shape index (κ2) is 8.14. The fourth-order valence-corrected chi connectivity index (χ4v) is 4.92. The number of aromatic nitrogens is 2. The summed E-state index contributed by atoms with van der Waals surface area (Å²) in [5.74, 6) is 0.104. The summed E-state index contributed by atoms with van der Waals surface area (Å²) < 4.78 is 39.7. The fourth-order valence-electron chi connectivity index (χ4n) is 4.69. The molecule has 10 heteroatoms. The van der Waals surface area contributed by atoms with Gasteiger partial charge in [-0.05, 0) is 56.3 Å². The Bertz CT molecular complexity index is 1200. The lowest BCUT2D eigenvalue weighted by atomic mass is 9.95. The summed E-state index contributed by atoms with van der Waals surface area (Å²) in [4.78, 5) is 36.5. The van der Waals surface area contributed by atoms with E-state index in [1.54, 1.807) is 0 Å². The van der Waals surface area contributed by atoms with Gasteiger partial charge in [0.15, 0.2) is 0 Å². The molecule has 2 aromatic carbocycles. The lowest BCUT2D eigenvalue weighted by Crippen LogP contribution is -2.45. The first-order chi connectivity index (χ1) is 15.7. The summed E-state index contributed by atoms with van der Waals surface area (Å²) in [6.45, 7) is 1.18. The van der Waals surface area contributed by atoms with Crippen LogP contribution in [0.15, 0.2) is 42.5 Å². The Labute approximate surface area is 192 Å². The lowest BCUT2D eigenvalue weighted by molar-refractivity contribution is -0.137. The van der Waals surface area contributed by atoms with Crippen molar-refractivity contribution >= 4 is 40.1 Å². The molecule has 172 valence electrons. The fraction of sp³-hybridized carbons (Fsp3) is 0.348. The van der Waals surface area contributed by atoms with Crippen LogP contribution < -0.4 is 4.90 Å². The van der Waals surface area contributed by atoms with E-state index in [0.29, 0.717) is 13.1 Å². The molecule has 0 radical (unpaired) electrons. The molecule has 1 unspecified atom stereocenters. The summed E-state index contributed by atoms with van der Waals surface area (Å²) in [6.07, 6.45) is -3.22. The van der Waals surface area contributed by atoms with Crippen LogP contribution in [0.5, 0.6) is 0 Å². The topological polar surface area (TPSA) is 69.3 Å². The normalized spacial score (nSPS) is 20.8. The molecule has 0 aliphatic carbocycles. The third-order valence-electron chi connectivity index (χ3n) is 6.40. The number of imide groups is 1. The van der Waals surface area contributed by atoms with Crippen molar-refractivity contribution < 1.29 is 22.8 Å². The minimum Gasteiger partial charge on any atom is -0.342 e. The highest BCUT2D eigenvalue weighted by Crippen LogP contribution is 2.38. The molecule has 0 saturated carbocycles. The van der Waals surface area contributed by atoms with E-state index in [0.717, 1.165) is 46.7 Å². The van der Waals surface area contributed by atoms with Crippen molar-refractivity contribution in [2.75, 3.05) is 18.0 Å². The number of imidazole rings is 1. The molecule has 6 nitrogen and oxygen atoms in total.